The Bertz CT molecular complexity index is 465. The lowest BCUT2D eigenvalue weighted by Crippen LogP contribution is -2.51. The summed E-state index contributed by atoms with van der Waals surface area (Å²) in [5.74, 6) is 2.19. The molecule has 1 heteroatoms. The third-order valence-corrected chi connectivity index (χ3v) is 8.79. The second-order valence-electron chi connectivity index (χ2n) is 8.30. The second kappa shape index (κ2) is 4.53. The zero-order valence-corrected chi connectivity index (χ0v) is 13.9. The summed E-state index contributed by atoms with van der Waals surface area (Å²) in [5.41, 5.74) is 1.76. The van der Waals surface area contributed by atoms with E-state index < -0.39 is 0 Å². The molecule has 4 fully saturated rings. The van der Waals surface area contributed by atoms with Crippen LogP contribution in [0, 0.1) is 11.8 Å². The van der Waals surface area contributed by atoms with Crippen LogP contribution in [0.15, 0.2) is 29.2 Å². The maximum absolute atomic E-state index is 2.46. The van der Waals surface area contributed by atoms with Gasteiger partial charge >= 0.3 is 0 Å². The van der Waals surface area contributed by atoms with Gasteiger partial charge in [0.05, 0.1) is 0 Å². The molecule has 0 atom stereocenters. The first-order chi connectivity index (χ1) is 9.50. The van der Waals surface area contributed by atoms with E-state index in [4.69, 9.17) is 0 Å². The molecule has 0 amide bonds. The molecule has 2 saturated carbocycles. The summed E-state index contributed by atoms with van der Waals surface area (Å²) in [5, 5.41) is 2.07. The number of rotatable bonds is 1. The number of hydrogen-bond donors (Lipinski definition) is 0. The van der Waals surface area contributed by atoms with Crippen molar-refractivity contribution in [3.05, 3.63) is 29.8 Å². The first-order valence-corrected chi connectivity index (χ1v) is 9.68. The van der Waals surface area contributed by atoms with Gasteiger partial charge in [-0.25, -0.2) is 0 Å². The Kier molecular flexibility index (Phi) is 3.00. The highest BCUT2D eigenvalue weighted by Gasteiger charge is 2.55. The van der Waals surface area contributed by atoms with Crippen molar-refractivity contribution in [2.75, 3.05) is 0 Å². The lowest BCUT2D eigenvalue weighted by Gasteiger charge is -2.48. The predicted molar refractivity (Wildman–Crippen MR) is 88.4 cm³/mol. The fourth-order valence-electron chi connectivity index (χ4n) is 4.91. The molecule has 0 nitrogen and oxygen atoms in total. The van der Waals surface area contributed by atoms with Crippen LogP contribution in [0.4, 0.5) is 0 Å². The normalized spacial score (nSPS) is 39.2. The van der Waals surface area contributed by atoms with Gasteiger partial charge in [0.2, 0.25) is 0 Å². The van der Waals surface area contributed by atoms with E-state index in [0.717, 1.165) is 22.3 Å². The molecule has 4 bridgehead atoms. The Labute approximate surface area is 126 Å². The fraction of sp³-hybridized carbons (Fsp3) is 0.684. The molecule has 1 aromatic carbocycles. The maximum atomic E-state index is 2.46. The quantitative estimate of drug-likeness (QED) is 0.643. The van der Waals surface area contributed by atoms with Crippen LogP contribution in [0.3, 0.4) is 0 Å². The van der Waals surface area contributed by atoms with Gasteiger partial charge in [-0.2, -0.15) is 0 Å². The van der Waals surface area contributed by atoms with Crippen LogP contribution < -0.4 is 0 Å². The first kappa shape index (κ1) is 13.2. The first-order valence-electron chi connectivity index (χ1n) is 8.33. The van der Waals surface area contributed by atoms with Gasteiger partial charge in [0.15, 0.2) is 4.90 Å². The molecule has 20 heavy (non-hydrogen) atoms. The SMILES string of the molecule is CC(C)(C)c1ccc([S+]2C3CC4CC(C3)CC2C4)cc1. The average molecular weight is 287 g/mol. The lowest BCUT2D eigenvalue weighted by atomic mass is 9.71. The third-order valence-electron chi connectivity index (χ3n) is 5.76. The van der Waals surface area contributed by atoms with Crippen molar-refractivity contribution < 1.29 is 0 Å². The van der Waals surface area contributed by atoms with Crippen LogP contribution in [0.1, 0.15) is 58.4 Å². The van der Waals surface area contributed by atoms with Crippen LogP contribution in [0.5, 0.6) is 0 Å². The van der Waals surface area contributed by atoms with Gasteiger partial charge in [0.25, 0.3) is 0 Å². The molecule has 0 radical (unpaired) electrons. The van der Waals surface area contributed by atoms with Crippen molar-refractivity contribution in [1.82, 2.24) is 0 Å². The van der Waals surface area contributed by atoms with Crippen LogP contribution in [-0.2, 0) is 16.3 Å². The molecular weight excluding hydrogens is 260 g/mol. The number of hydrogen-bond acceptors (Lipinski definition) is 0. The Balaban J connectivity index is 1.61. The monoisotopic (exact) mass is 287 g/mol. The standard InChI is InChI=1S/C19H27S/c1-19(2,3)15-4-6-16(7-5-15)20-17-9-13-8-14(11-17)12-18(20)10-13/h4-7,13-14,17-18H,8-12H2,1-3H3/q+1. The van der Waals surface area contributed by atoms with Gasteiger partial charge in [-0.1, -0.05) is 32.9 Å². The molecular formula is C19H27S+. The van der Waals surface area contributed by atoms with E-state index in [2.05, 4.69) is 45.0 Å². The van der Waals surface area contributed by atoms with Gasteiger partial charge in [-0.15, -0.1) is 0 Å². The molecule has 0 spiro atoms. The summed E-state index contributed by atoms with van der Waals surface area (Å²) in [4.78, 5) is 1.67. The van der Waals surface area contributed by atoms with Gasteiger partial charge in [0, 0.05) is 10.9 Å². The Morgan fingerprint density at radius 1 is 0.800 bits per heavy atom. The highest BCUT2D eigenvalue weighted by molar-refractivity contribution is 7.98. The zero-order valence-electron chi connectivity index (χ0n) is 13.1. The fourth-order valence-corrected chi connectivity index (χ4v) is 8.59. The van der Waals surface area contributed by atoms with Crippen LogP contribution >= 0.6 is 0 Å². The number of benzene rings is 1. The lowest BCUT2D eigenvalue weighted by molar-refractivity contribution is 0.181. The van der Waals surface area contributed by atoms with E-state index in [-0.39, 0.29) is 5.41 Å². The van der Waals surface area contributed by atoms with Crippen LogP contribution in [0.25, 0.3) is 0 Å². The molecule has 0 unspecified atom stereocenters. The summed E-state index contributed by atoms with van der Waals surface area (Å²) >= 11 is 0. The minimum absolute atomic E-state index is 0.283. The molecule has 0 aromatic heterocycles. The minimum atomic E-state index is 0.283. The van der Waals surface area contributed by atoms with E-state index in [9.17, 15) is 0 Å². The molecule has 4 aliphatic rings. The van der Waals surface area contributed by atoms with Crippen molar-refractivity contribution in [2.45, 2.75) is 73.7 Å². The van der Waals surface area contributed by atoms with Crippen molar-refractivity contribution in [3.8, 4) is 0 Å². The van der Waals surface area contributed by atoms with Gasteiger partial charge in [-0.05, 0) is 67.1 Å². The molecule has 5 rings (SSSR count). The topological polar surface area (TPSA) is 0 Å². The van der Waals surface area contributed by atoms with Crippen molar-refractivity contribution in [3.63, 3.8) is 0 Å². The Hall–Kier alpha value is -0.430. The van der Waals surface area contributed by atoms with E-state index in [1.54, 1.807) is 11.3 Å². The van der Waals surface area contributed by atoms with Gasteiger partial charge in [-0.3, -0.25) is 0 Å². The molecule has 2 saturated heterocycles. The summed E-state index contributed by atoms with van der Waals surface area (Å²) in [6.45, 7) is 6.94. The van der Waals surface area contributed by atoms with E-state index in [1.807, 2.05) is 0 Å². The molecule has 0 N–H and O–H groups in total. The second-order valence-corrected chi connectivity index (χ2v) is 10.8. The third kappa shape index (κ3) is 2.13. The van der Waals surface area contributed by atoms with Gasteiger partial charge in [0.1, 0.15) is 10.5 Å². The summed E-state index contributed by atoms with van der Waals surface area (Å²) in [6, 6.07) is 9.72. The molecule has 2 aliphatic heterocycles. The largest absolute Gasteiger partial charge is 0.155 e. The highest BCUT2D eigenvalue weighted by Crippen LogP contribution is 2.53. The summed E-state index contributed by atoms with van der Waals surface area (Å²) in [6.07, 6.45) is 7.72. The van der Waals surface area contributed by atoms with Crippen LogP contribution in [0.2, 0.25) is 0 Å². The zero-order chi connectivity index (χ0) is 13.9. The Morgan fingerprint density at radius 2 is 1.30 bits per heavy atom. The molecule has 2 aliphatic carbocycles. The van der Waals surface area contributed by atoms with Gasteiger partial charge < -0.3 is 0 Å². The summed E-state index contributed by atoms with van der Waals surface area (Å²) in [7, 11) is 0.571. The van der Waals surface area contributed by atoms with Crippen molar-refractivity contribution in [2.24, 2.45) is 11.8 Å². The van der Waals surface area contributed by atoms with Crippen molar-refractivity contribution >= 4 is 10.9 Å². The van der Waals surface area contributed by atoms with E-state index in [1.165, 1.54) is 31.2 Å². The summed E-state index contributed by atoms with van der Waals surface area (Å²) < 4.78 is 0. The minimum Gasteiger partial charge on any atom is -0.0561 e. The smallest absolute Gasteiger partial charge is 0.0561 e. The predicted octanol–water partition coefficient (Wildman–Crippen LogP) is 4.92. The van der Waals surface area contributed by atoms with Crippen LogP contribution in [-0.4, -0.2) is 10.5 Å². The highest BCUT2D eigenvalue weighted by atomic mass is 32.2. The maximum Gasteiger partial charge on any atom is 0.155 e. The average Bonchev–Trinajstić information content (AvgIpc) is 2.37. The van der Waals surface area contributed by atoms with E-state index >= 15 is 0 Å². The molecule has 1 aromatic rings. The molecule has 2 heterocycles. The Morgan fingerprint density at radius 3 is 1.75 bits per heavy atom. The van der Waals surface area contributed by atoms with E-state index in [0.29, 0.717) is 10.9 Å². The van der Waals surface area contributed by atoms with Crippen molar-refractivity contribution in [1.29, 1.82) is 0 Å². The molecule has 108 valence electrons.